The first-order valence-corrected chi connectivity index (χ1v) is 7.52. The molecular formula is C18H22N2O3. The molecule has 0 aliphatic heterocycles. The summed E-state index contributed by atoms with van der Waals surface area (Å²) in [5, 5.41) is 2.91. The zero-order chi connectivity index (χ0) is 16.7. The van der Waals surface area contributed by atoms with Crippen LogP contribution in [0.15, 0.2) is 42.6 Å². The number of rotatable bonds is 7. The zero-order valence-electron chi connectivity index (χ0n) is 13.7. The molecule has 2 aromatic rings. The maximum atomic E-state index is 12.2. The summed E-state index contributed by atoms with van der Waals surface area (Å²) >= 11 is 0. The second-order valence-corrected chi connectivity index (χ2v) is 5.33. The van der Waals surface area contributed by atoms with E-state index in [0.29, 0.717) is 24.5 Å². The number of pyridine rings is 1. The van der Waals surface area contributed by atoms with Crippen LogP contribution in [0.5, 0.6) is 11.5 Å². The fourth-order valence-corrected chi connectivity index (χ4v) is 2.31. The first-order chi connectivity index (χ1) is 11.1. The van der Waals surface area contributed by atoms with Crippen molar-refractivity contribution in [1.82, 2.24) is 10.3 Å². The molecule has 23 heavy (non-hydrogen) atoms. The van der Waals surface area contributed by atoms with Gasteiger partial charge in [-0.15, -0.1) is 0 Å². The van der Waals surface area contributed by atoms with E-state index in [9.17, 15) is 4.79 Å². The van der Waals surface area contributed by atoms with Gasteiger partial charge in [-0.05, 0) is 36.2 Å². The first-order valence-electron chi connectivity index (χ1n) is 7.52. The summed E-state index contributed by atoms with van der Waals surface area (Å²) in [5.41, 5.74) is 1.88. The largest absolute Gasteiger partial charge is 0.493 e. The number of aromatic nitrogens is 1. The Balaban J connectivity index is 1.93. The molecule has 0 spiro atoms. The summed E-state index contributed by atoms with van der Waals surface area (Å²) in [7, 11) is 3.20. The van der Waals surface area contributed by atoms with Crippen LogP contribution in [-0.2, 0) is 17.8 Å². The van der Waals surface area contributed by atoms with Gasteiger partial charge in [0.25, 0.3) is 0 Å². The van der Waals surface area contributed by atoms with E-state index < -0.39 is 0 Å². The summed E-state index contributed by atoms with van der Waals surface area (Å²) in [6.45, 7) is 2.35. The Morgan fingerprint density at radius 1 is 1.17 bits per heavy atom. The van der Waals surface area contributed by atoms with Crippen molar-refractivity contribution in [1.29, 1.82) is 0 Å². The summed E-state index contributed by atoms with van der Waals surface area (Å²) in [4.78, 5) is 16.4. The molecule has 1 aromatic heterocycles. The highest BCUT2D eigenvalue weighted by molar-refractivity contribution is 5.78. The Kier molecular flexibility index (Phi) is 5.97. The van der Waals surface area contributed by atoms with Gasteiger partial charge in [-0.25, -0.2) is 0 Å². The zero-order valence-corrected chi connectivity index (χ0v) is 13.7. The van der Waals surface area contributed by atoms with Crippen LogP contribution >= 0.6 is 0 Å². The molecule has 1 heterocycles. The van der Waals surface area contributed by atoms with Gasteiger partial charge in [0.05, 0.1) is 26.5 Å². The molecule has 122 valence electrons. The Hall–Kier alpha value is -2.56. The second kappa shape index (κ2) is 8.17. The van der Waals surface area contributed by atoms with E-state index in [1.165, 1.54) is 0 Å². The van der Waals surface area contributed by atoms with Crippen LogP contribution in [0.3, 0.4) is 0 Å². The molecule has 0 bridgehead atoms. The van der Waals surface area contributed by atoms with Gasteiger partial charge < -0.3 is 14.8 Å². The van der Waals surface area contributed by atoms with Crippen molar-refractivity contribution in [2.45, 2.75) is 19.9 Å². The molecule has 0 saturated carbocycles. The van der Waals surface area contributed by atoms with Crippen LogP contribution in [-0.4, -0.2) is 25.1 Å². The Labute approximate surface area is 136 Å². The van der Waals surface area contributed by atoms with E-state index in [0.717, 1.165) is 11.3 Å². The van der Waals surface area contributed by atoms with Gasteiger partial charge in [0.1, 0.15) is 0 Å². The van der Waals surface area contributed by atoms with E-state index >= 15 is 0 Å². The van der Waals surface area contributed by atoms with E-state index in [1.54, 1.807) is 20.4 Å². The highest BCUT2D eigenvalue weighted by Gasteiger charge is 2.15. The van der Waals surface area contributed by atoms with E-state index in [-0.39, 0.29) is 11.8 Å². The molecule has 1 amide bonds. The van der Waals surface area contributed by atoms with Crippen molar-refractivity contribution in [3.05, 3.63) is 53.9 Å². The second-order valence-electron chi connectivity index (χ2n) is 5.33. The average molecular weight is 314 g/mol. The highest BCUT2D eigenvalue weighted by Crippen LogP contribution is 2.28. The SMILES string of the molecule is COc1ccc(CC(C)C(=O)NCc2ccccn2)cc1OC. The minimum atomic E-state index is -0.142. The number of hydrogen-bond donors (Lipinski definition) is 1. The van der Waals surface area contributed by atoms with Crippen molar-refractivity contribution in [3.63, 3.8) is 0 Å². The van der Waals surface area contributed by atoms with Gasteiger partial charge in [-0.1, -0.05) is 19.1 Å². The Bertz CT molecular complexity index is 644. The van der Waals surface area contributed by atoms with Gasteiger partial charge in [0.2, 0.25) is 5.91 Å². The number of benzene rings is 1. The fourth-order valence-electron chi connectivity index (χ4n) is 2.31. The van der Waals surface area contributed by atoms with Gasteiger partial charge >= 0.3 is 0 Å². The number of carbonyl (C=O) groups is 1. The highest BCUT2D eigenvalue weighted by atomic mass is 16.5. The maximum Gasteiger partial charge on any atom is 0.223 e. The van der Waals surface area contributed by atoms with Crippen LogP contribution in [0, 0.1) is 5.92 Å². The van der Waals surface area contributed by atoms with Crippen LogP contribution in [0.4, 0.5) is 0 Å². The Morgan fingerprint density at radius 3 is 2.61 bits per heavy atom. The van der Waals surface area contributed by atoms with Crippen molar-refractivity contribution >= 4 is 5.91 Å². The lowest BCUT2D eigenvalue weighted by molar-refractivity contribution is -0.124. The molecular weight excluding hydrogens is 292 g/mol. The predicted octanol–water partition coefficient (Wildman–Crippen LogP) is 2.59. The van der Waals surface area contributed by atoms with Gasteiger partial charge in [-0.3, -0.25) is 9.78 Å². The van der Waals surface area contributed by atoms with Crippen LogP contribution in [0.25, 0.3) is 0 Å². The minimum Gasteiger partial charge on any atom is -0.493 e. The molecule has 5 nitrogen and oxygen atoms in total. The molecule has 1 aromatic carbocycles. The van der Waals surface area contributed by atoms with E-state index in [1.807, 2.05) is 43.3 Å². The standard InChI is InChI=1S/C18H22N2O3/c1-13(18(21)20-12-15-6-4-5-9-19-15)10-14-7-8-16(22-2)17(11-14)23-3/h4-9,11,13H,10,12H2,1-3H3,(H,20,21). The monoisotopic (exact) mass is 314 g/mol. The first kappa shape index (κ1) is 16.8. The predicted molar refractivity (Wildman–Crippen MR) is 88.5 cm³/mol. The third kappa shape index (κ3) is 4.71. The third-order valence-corrected chi connectivity index (χ3v) is 3.61. The molecule has 5 heteroatoms. The van der Waals surface area contributed by atoms with E-state index in [4.69, 9.17) is 9.47 Å². The number of hydrogen-bond acceptors (Lipinski definition) is 4. The quantitative estimate of drug-likeness (QED) is 0.853. The van der Waals surface area contributed by atoms with Crippen LogP contribution < -0.4 is 14.8 Å². The third-order valence-electron chi connectivity index (χ3n) is 3.61. The molecule has 0 radical (unpaired) electrons. The minimum absolute atomic E-state index is 0.00504. The average Bonchev–Trinajstić information content (AvgIpc) is 2.60. The molecule has 0 aliphatic carbocycles. The molecule has 2 rings (SSSR count). The number of carbonyl (C=O) groups excluding carboxylic acids is 1. The number of nitrogens with one attached hydrogen (secondary N) is 1. The van der Waals surface area contributed by atoms with Crippen molar-refractivity contribution in [2.75, 3.05) is 14.2 Å². The summed E-state index contributed by atoms with van der Waals surface area (Å²) in [6, 6.07) is 11.4. The Morgan fingerprint density at radius 2 is 1.96 bits per heavy atom. The fraction of sp³-hybridized carbons (Fsp3) is 0.333. The smallest absolute Gasteiger partial charge is 0.223 e. The molecule has 1 N–H and O–H groups in total. The summed E-state index contributed by atoms with van der Waals surface area (Å²) in [5.74, 6) is 1.22. The van der Waals surface area contributed by atoms with Gasteiger partial charge in [0, 0.05) is 12.1 Å². The molecule has 0 fully saturated rings. The molecule has 1 atom stereocenters. The lowest BCUT2D eigenvalue weighted by Crippen LogP contribution is -2.30. The van der Waals surface area contributed by atoms with Crippen molar-refractivity contribution in [3.8, 4) is 11.5 Å². The van der Waals surface area contributed by atoms with Crippen molar-refractivity contribution in [2.24, 2.45) is 5.92 Å². The molecule has 1 unspecified atom stereocenters. The lowest BCUT2D eigenvalue weighted by atomic mass is 10.00. The van der Waals surface area contributed by atoms with Crippen molar-refractivity contribution < 1.29 is 14.3 Å². The maximum absolute atomic E-state index is 12.2. The van der Waals surface area contributed by atoms with Crippen LogP contribution in [0.1, 0.15) is 18.2 Å². The number of ether oxygens (including phenoxy) is 2. The lowest BCUT2D eigenvalue weighted by Gasteiger charge is -2.14. The van der Waals surface area contributed by atoms with Gasteiger partial charge in [-0.2, -0.15) is 0 Å². The normalized spacial score (nSPS) is 11.6. The van der Waals surface area contributed by atoms with Gasteiger partial charge in [0.15, 0.2) is 11.5 Å². The number of nitrogens with zero attached hydrogens (tertiary/aromatic N) is 1. The summed E-state index contributed by atoms with van der Waals surface area (Å²) < 4.78 is 10.5. The van der Waals surface area contributed by atoms with Crippen LogP contribution in [0.2, 0.25) is 0 Å². The number of amides is 1. The molecule has 0 saturated heterocycles. The topological polar surface area (TPSA) is 60.5 Å². The molecule has 0 aliphatic rings. The summed E-state index contributed by atoms with van der Waals surface area (Å²) in [6.07, 6.45) is 2.35. The van der Waals surface area contributed by atoms with E-state index in [2.05, 4.69) is 10.3 Å². The number of methoxy groups -OCH3 is 2.